The third-order valence-electron chi connectivity index (χ3n) is 3.27. The van der Waals surface area contributed by atoms with Gasteiger partial charge in [0.1, 0.15) is 5.75 Å². The summed E-state index contributed by atoms with van der Waals surface area (Å²) in [6.45, 7) is 3.52. The van der Waals surface area contributed by atoms with Gasteiger partial charge < -0.3 is 10.1 Å². The SMILES string of the molecule is CCOc1ccccc1NC(=O)C1CCCN1C. The number of benzene rings is 1. The zero-order chi connectivity index (χ0) is 13.0. The van der Waals surface area contributed by atoms with E-state index in [2.05, 4.69) is 10.2 Å². The van der Waals surface area contributed by atoms with Gasteiger partial charge in [-0.25, -0.2) is 0 Å². The summed E-state index contributed by atoms with van der Waals surface area (Å²) in [7, 11) is 1.99. The zero-order valence-corrected chi connectivity index (χ0v) is 11.0. The summed E-state index contributed by atoms with van der Waals surface area (Å²) in [6.07, 6.45) is 2.01. The molecule has 0 radical (unpaired) electrons. The standard InChI is InChI=1S/C14H20N2O2/c1-3-18-13-9-5-4-7-11(13)15-14(17)12-8-6-10-16(12)2/h4-5,7,9,12H,3,6,8,10H2,1-2H3,(H,15,17). The summed E-state index contributed by atoms with van der Waals surface area (Å²) in [5.74, 6) is 0.788. The summed E-state index contributed by atoms with van der Waals surface area (Å²) >= 11 is 0. The van der Waals surface area contributed by atoms with E-state index in [4.69, 9.17) is 4.74 Å². The molecular weight excluding hydrogens is 228 g/mol. The number of nitrogens with one attached hydrogen (secondary N) is 1. The first-order valence-corrected chi connectivity index (χ1v) is 6.45. The molecule has 1 saturated heterocycles. The van der Waals surface area contributed by atoms with Gasteiger partial charge >= 0.3 is 0 Å². The Morgan fingerprint density at radius 3 is 2.94 bits per heavy atom. The number of ether oxygens (including phenoxy) is 1. The Hall–Kier alpha value is -1.55. The smallest absolute Gasteiger partial charge is 0.241 e. The molecule has 0 aromatic heterocycles. The van der Waals surface area contributed by atoms with Crippen LogP contribution in [0.5, 0.6) is 5.75 Å². The molecule has 1 unspecified atom stereocenters. The van der Waals surface area contributed by atoms with Crippen LogP contribution in [0, 0.1) is 0 Å². The largest absolute Gasteiger partial charge is 0.492 e. The minimum atomic E-state index is -0.0142. The van der Waals surface area contributed by atoms with Crippen molar-refractivity contribution < 1.29 is 9.53 Å². The Kier molecular flexibility index (Phi) is 4.20. The van der Waals surface area contributed by atoms with Gasteiger partial charge in [0.15, 0.2) is 0 Å². The first kappa shape index (κ1) is 12.9. The van der Waals surface area contributed by atoms with Gasteiger partial charge in [0.05, 0.1) is 18.3 Å². The molecule has 18 heavy (non-hydrogen) atoms. The van der Waals surface area contributed by atoms with Gasteiger partial charge in [-0.05, 0) is 45.5 Å². The maximum atomic E-state index is 12.2. The van der Waals surface area contributed by atoms with Crippen LogP contribution in [-0.4, -0.2) is 37.0 Å². The van der Waals surface area contributed by atoms with E-state index in [0.29, 0.717) is 6.61 Å². The minimum Gasteiger partial charge on any atom is -0.492 e. The van der Waals surface area contributed by atoms with E-state index in [9.17, 15) is 4.79 Å². The molecule has 0 aliphatic carbocycles. The fourth-order valence-corrected chi connectivity index (χ4v) is 2.31. The van der Waals surface area contributed by atoms with Crippen molar-refractivity contribution in [2.24, 2.45) is 0 Å². The number of likely N-dealkylation sites (tertiary alicyclic amines) is 1. The molecule has 0 spiro atoms. The maximum absolute atomic E-state index is 12.2. The molecule has 1 heterocycles. The van der Waals surface area contributed by atoms with Gasteiger partial charge in [-0.15, -0.1) is 0 Å². The van der Waals surface area contributed by atoms with Crippen LogP contribution in [0.15, 0.2) is 24.3 Å². The average Bonchev–Trinajstić information content (AvgIpc) is 2.78. The number of amides is 1. The van der Waals surface area contributed by atoms with Gasteiger partial charge in [-0.3, -0.25) is 9.69 Å². The van der Waals surface area contributed by atoms with Gasteiger partial charge in [-0.2, -0.15) is 0 Å². The quantitative estimate of drug-likeness (QED) is 0.887. The fraction of sp³-hybridized carbons (Fsp3) is 0.500. The molecule has 0 saturated carbocycles. The number of carbonyl (C=O) groups is 1. The second-order valence-corrected chi connectivity index (χ2v) is 4.56. The number of nitrogens with zero attached hydrogens (tertiary/aromatic N) is 1. The van der Waals surface area contributed by atoms with Crippen molar-refractivity contribution in [2.75, 3.05) is 25.5 Å². The van der Waals surface area contributed by atoms with Crippen molar-refractivity contribution in [1.82, 2.24) is 4.90 Å². The van der Waals surface area contributed by atoms with E-state index in [1.165, 1.54) is 0 Å². The summed E-state index contributed by atoms with van der Waals surface area (Å²) in [4.78, 5) is 14.3. The third-order valence-corrected chi connectivity index (χ3v) is 3.27. The molecular formula is C14H20N2O2. The highest BCUT2D eigenvalue weighted by Gasteiger charge is 2.28. The van der Waals surface area contributed by atoms with Crippen LogP contribution in [0.3, 0.4) is 0 Å². The Morgan fingerprint density at radius 2 is 2.28 bits per heavy atom. The molecule has 1 atom stereocenters. The second-order valence-electron chi connectivity index (χ2n) is 4.56. The van der Waals surface area contributed by atoms with Crippen molar-refractivity contribution in [3.8, 4) is 5.75 Å². The number of anilines is 1. The lowest BCUT2D eigenvalue weighted by Crippen LogP contribution is -2.37. The van der Waals surface area contributed by atoms with E-state index in [0.717, 1.165) is 30.8 Å². The minimum absolute atomic E-state index is 0.0142. The topological polar surface area (TPSA) is 41.6 Å². The normalized spacial score (nSPS) is 19.8. The molecule has 1 aromatic carbocycles. The average molecular weight is 248 g/mol. The molecule has 98 valence electrons. The Morgan fingerprint density at radius 1 is 1.50 bits per heavy atom. The van der Waals surface area contributed by atoms with Crippen LogP contribution >= 0.6 is 0 Å². The van der Waals surface area contributed by atoms with Crippen molar-refractivity contribution in [1.29, 1.82) is 0 Å². The predicted octanol–water partition coefficient (Wildman–Crippen LogP) is 2.12. The predicted molar refractivity (Wildman–Crippen MR) is 71.9 cm³/mol. The van der Waals surface area contributed by atoms with Crippen LogP contribution in [-0.2, 0) is 4.79 Å². The highest BCUT2D eigenvalue weighted by Crippen LogP contribution is 2.25. The van der Waals surface area contributed by atoms with Crippen molar-refractivity contribution in [3.63, 3.8) is 0 Å². The van der Waals surface area contributed by atoms with Gasteiger partial charge in [-0.1, -0.05) is 12.1 Å². The van der Waals surface area contributed by atoms with Crippen molar-refractivity contribution >= 4 is 11.6 Å². The lowest BCUT2D eigenvalue weighted by atomic mass is 10.2. The van der Waals surface area contributed by atoms with E-state index >= 15 is 0 Å². The third kappa shape index (κ3) is 2.82. The monoisotopic (exact) mass is 248 g/mol. The molecule has 1 fully saturated rings. The van der Waals surface area contributed by atoms with Crippen LogP contribution in [0.25, 0.3) is 0 Å². The van der Waals surface area contributed by atoms with Crippen LogP contribution in [0.4, 0.5) is 5.69 Å². The molecule has 1 aromatic rings. The van der Waals surface area contributed by atoms with E-state index in [-0.39, 0.29) is 11.9 Å². The Balaban J connectivity index is 2.06. The van der Waals surface area contributed by atoms with E-state index < -0.39 is 0 Å². The van der Waals surface area contributed by atoms with Gasteiger partial charge in [0.2, 0.25) is 5.91 Å². The summed E-state index contributed by atoms with van der Waals surface area (Å²) in [5, 5.41) is 2.96. The highest BCUT2D eigenvalue weighted by molar-refractivity contribution is 5.96. The first-order valence-electron chi connectivity index (χ1n) is 6.45. The number of hydrogen-bond donors (Lipinski definition) is 1. The first-order chi connectivity index (χ1) is 8.72. The Bertz CT molecular complexity index is 420. The van der Waals surface area contributed by atoms with Crippen molar-refractivity contribution in [2.45, 2.75) is 25.8 Å². The van der Waals surface area contributed by atoms with Crippen LogP contribution in [0.2, 0.25) is 0 Å². The van der Waals surface area contributed by atoms with Crippen LogP contribution < -0.4 is 10.1 Å². The summed E-state index contributed by atoms with van der Waals surface area (Å²) in [6, 6.07) is 7.54. The molecule has 4 nitrogen and oxygen atoms in total. The second kappa shape index (κ2) is 5.87. The molecule has 1 aliphatic heterocycles. The number of rotatable bonds is 4. The Labute approximate surface area is 108 Å². The summed E-state index contributed by atoms with van der Waals surface area (Å²) in [5.41, 5.74) is 0.754. The molecule has 1 N–H and O–H groups in total. The number of likely N-dealkylation sites (N-methyl/N-ethyl adjacent to an activating group) is 1. The van der Waals surface area contributed by atoms with E-state index in [1.807, 2.05) is 38.2 Å². The number of hydrogen-bond acceptors (Lipinski definition) is 3. The lowest BCUT2D eigenvalue weighted by molar-refractivity contribution is -0.119. The zero-order valence-electron chi connectivity index (χ0n) is 11.0. The van der Waals surface area contributed by atoms with Crippen LogP contribution in [0.1, 0.15) is 19.8 Å². The van der Waals surface area contributed by atoms with Gasteiger partial charge in [0, 0.05) is 0 Å². The maximum Gasteiger partial charge on any atom is 0.241 e. The van der Waals surface area contributed by atoms with E-state index in [1.54, 1.807) is 0 Å². The lowest BCUT2D eigenvalue weighted by Gasteiger charge is -2.19. The fourth-order valence-electron chi connectivity index (χ4n) is 2.31. The number of carbonyl (C=O) groups excluding carboxylic acids is 1. The molecule has 4 heteroatoms. The highest BCUT2D eigenvalue weighted by atomic mass is 16.5. The summed E-state index contributed by atoms with van der Waals surface area (Å²) < 4.78 is 5.50. The molecule has 1 aliphatic rings. The van der Waals surface area contributed by atoms with Gasteiger partial charge in [0.25, 0.3) is 0 Å². The number of para-hydroxylation sites is 2. The molecule has 0 bridgehead atoms. The molecule has 2 rings (SSSR count). The molecule has 1 amide bonds. The van der Waals surface area contributed by atoms with Crippen molar-refractivity contribution in [3.05, 3.63) is 24.3 Å².